The van der Waals surface area contributed by atoms with Crippen molar-refractivity contribution < 1.29 is 9.21 Å². The summed E-state index contributed by atoms with van der Waals surface area (Å²) in [6, 6.07) is 1.88. The zero-order valence-electron chi connectivity index (χ0n) is 7.42. The lowest BCUT2D eigenvalue weighted by atomic mass is 9.95. The van der Waals surface area contributed by atoms with E-state index in [9.17, 15) is 4.79 Å². The number of furan rings is 1. The van der Waals surface area contributed by atoms with E-state index in [4.69, 9.17) is 4.42 Å². The van der Waals surface area contributed by atoms with Gasteiger partial charge in [0.15, 0.2) is 0 Å². The average Bonchev–Trinajstić information content (AvgIpc) is 2.62. The third-order valence-corrected chi connectivity index (χ3v) is 3.45. The van der Waals surface area contributed by atoms with Gasteiger partial charge in [-0.05, 0) is 28.4 Å². The number of hydrogen-bond acceptors (Lipinski definition) is 2. The summed E-state index contributed by atoms with van der Waals surface area (Å²) in [5, 5.41) is 0. The topological polar surface area (TPSA) is 30.2 Å². The van der Waals surface area contributed by atoms with Gasteiger partial charge in [-0.1, -0.05) is 6.92 Å². The van der Waals surface area contributed by atoms with Gasteiger partial charge in [0.05, 0.1) is 10.7 Å². The van der Waals surface area contributed by atoms with Crippen LogP contribution in [0.5, 0.6) is 0 Å². The molecule has 1 saturated carbocycles. The molecule has 0 radical (unpaired) electrons. The molecule has 13 heavy (non-hydrogen) atoms. The first-order chi connectivity index (χ1) is 6.20. The monoisotopic (exact) mass is 242 g/mol. The number of hydrogen-bond donors (Lipinski definition) is 0. The Morgan fingerprint density at radius 3 is 2.85 bits per heavy atom. The molecule has 1 aliphatic rings. The Labute approximate surface area is 85.4 Å². The normalized spacial score (nSPS) is 28.3. The molecule has 0 spiro atoms. The molecule has 0 N–H and O–H groups in total. The van der Waals surface area contributed by atoms with Crippen LogP contribution in [0.3, 0.4) is 0 Å². The van der Waals surface area contributed by atoms with Crippen molar-refractivity contribution >= 4 is 21.7 Å². The number of Topliss-reactive ketones (excluding diaryl/α,β-unsaturated/α-hetero) is 1. The molecule has 0 bridgehead atoms. The van der Waals surface area contributed by atoms with Gasteiger partial charge in [0.1, 0.15) is 11.5 Å². The van der Waals surface area contributed by atoms with Crippen molar-refractivity contribution in [1.82, 2.24) is 0 Å². The van der Waals surface area contributed by atoms with Gasteiger partial charge >= 0.3 is 0 Å². The highest BCUT2D eigenvalue weighted by molar-refractivity contribution is 9.10. The van der Waals surface area contributed by atoms with E-state index in [1.165, 1.54) is 0 Å². The Hall–Kier alpha value is -0.570. The van der Waals surface area contributed by atoms with Crippen molar-refractivity contribution in [1.29, 1.82) is 0 Å². The first-order valence-corrected chi connectivity index (χ1v) is 5.25. The van der Waals surface area contributed by atoms with Crippen LogP contribution in [0.2, 0.25) is 0 Å². The molecule has 2 atom stereocenters. The molecule has 2 rings (SSSR count). The minimum absolute atomic E-state index is 0.113. The zero-order valence-corrected chi connectivity index (χ0v) is 9.00. The van der Waals surface area contributed by atoms with E-state index < -0.39 is 0 Å². The summed E-state index contributed by atoms with van der Waals surface area (Å²) in [5.74, 6) is 1.67. The van der Waals surface area contributed by atoms with E-state index in [-0.39, 0.29) is 11.8 Å². The Bertz CT molecular complexity index is 329. The Kier molecular flexibility index (Phi) is 2.28. The molecule has 0 saturated heterocycles. The minimum Gasteiger partial charge on any atom is -0.468 e. The number of rotatable bonds is 1. The molecule has 1 heterocycles. The molecular formula is C10H11BrO2. The molecule has 1 aliphatic carbocycles. The maximum Gasteiger partial charge on any atom is 0.136 e. The number of halogens is 1. The lowest BCUT2D eigenvalue weighted by Gasteiger charge is -2.11. The lowest BCUT2D eigenvalue weighted by Crippen LogP contribution is -2.08. The molecule has 70 valence electrons. The molecular weight excluding hydrogens is 232 g/mol. The third kappa shape index (κ3) is 1.46. The van der Waals surface area contributed by atoms with Crippen molar-refractivity contribution in [3.63, 3.8) is 0 Å². The highest BCUT2D eigenvalue weighted by atomic mass is 79.9. The summed E-state index contributed by atoms with van der Waals surface area (Å²) in [6.07, 6.45) is 3.28. The second kappa shape index (κ2) is 3.29. The predicted octanol–water partition coefficient (Wildman–Crippen LogP) is 3.12. The van der Waals surface area contributed by atoms with Gasteiger partial charge in [0.25, 0.3) is 0 Å². The first kappa shape index (κ1) is 9.00. The Balaban J connectivity index is 2.28. The number of carbonyl (C=O) groups is 1. The van der Waals surface area contributed by atoms with Crippen LogP contribution < -0.4 is 0 Å². The van der Waals surface area contributed by atoms with Gasteiger partial charge in [0, 0.05) is 18.3 Å². The van der Waals surface area contributed by atoms with Gasteiger partial charge in [-0.25, -0.2) is 0 Å². The SMILES string of the molecule is CC1C(=O)CCC1c1occc1Br. The third-order valence-electron chi connectivity index (χ3n) is 2.79. The summed E-state index contributed by atoms with van der Waals surface area (Å²) < 4.78 is 6.35. The van der Waals surface area contributed by atoms with Crippen LogP contribution in [-0.2, 0) is 4.79 Å². The van der Waals surface area contributed by atoms with Gasteiger partial charge < -0.3 is 4.42 Å². The highest BCUT2D eigenvalue weighted by Gasteiger charge is 2.34. The van der Waals surface area contributed by atoms with E-state index in [0.29, 0.717) is 12.2 Å². The van der Waals surface area contributed by atoms with Gasteiger partial charge in [0.2, 0.25) is 0 Å². The van der Waals surface area contributed by atoms with Crippen LogP contribution in [0.25, 0.3) is 0 Å². The van der Waals surface area contributed by atoms with E-state index >= 15 is 0 Å². The summed E-state index contributed by atoms with van der Waals surface area (Å²) in [4.78, 5) is 11.3. The fraction of sp³-hybridized carbons (Fsp3) is 0.500. The molecule has 0 aromatic carbocycles. The second-order valence-corrected chi connectivity index (χ2v) is 4.39. The van der Waals surface area contributed by atoms with E-state index in [2.05, 4.69) is 15.9 Å². The van der Waals surface area contributed by atoms with Crippen molar-refractivity contribution in [3.8, 4) is 0 Å². The molecule has 1 aromatic rings. The fourth-order valence-electron chi connectivity index (χ4n) is 1.93. The molecule has 2 nitrogen and oxygen atoms in total. The van der Waals surface area contributed by atoms with Crippen molar-refractivity contribution in [2.75, 3.05) is 0 Å². The largest absolute Gasteiger partial charge is 0.468 e. The maximum absolute atomic E-state index is 11.3. The molecule has 0 aliphatic heterocycles. The van der Waals surface area contributed by atoms with Crippen LogP contribution >= 0.6 is 15.9 Å². The van der Waals surface area contributed by atoms with Crippen LogP contribution in [0.4, 0.5) is 0 Å². The Morgan fingerprint density at radius 2 is 2.38 bits per heavy atom. The summed E-state index contributed by atoms with van der Waals surface area (Å²) in [7, 11) is 0. The predicted molar refractivity (Wildman–Crippen MR) is 52.6 cm³/mol. The van der Waals surface area contributed by atoms with Crippen molar-refractivity contribution in [2.45, 2.75) is 25.7 Å². The summed E-state index contributed by atoms with van der Waals surface area (Å²) in [5.41, 5.74) is 0. The second-order valence-electron chi connectivity index (χ2n) is 3.53. The van der Waals surface area contributed by atoms with Crippen LogP contribution in [-0.4, -0.2) is 5.78 Å². The summed E-state index contributed by atoms with van der Waals surface area (Å²) >= 11 is 3.42. The lowest BCUT2D eigenvalue weighted by molar-refractivity contribution is -0.120. The zero-order chi connectivity index (χ0) is 9.42. The van der Waals surface area contributed by atoms with Gasteiger partial charge in [-0.15, -0.1) is 0 Å². The molecule has 0 amide bonds. The number of carbonyl (C=O) groups excluding carboxylic acids is 1. The molecule has 3 heteroatoms. The standard InChI is InChI=1S/C10H11BrO2/c1-6-7(2-3-9(6)12)10-8(11)4-5-13-10/h4-7H,2-3H2,1H3. The average molecular weight is 243 g/mol. The molecule has 1 aromatic heterocycles. The van der Waals surface area contributed by atoms with E-state index in [1.54, 1.807) is 6.26 Å². The highest BCUT2D eigenvalue weighted by Crippen LogP contribution is 2.40. The molecule has 1 fully saturated rings. The quantitative estimate of drug-likeness (QED) is 0.758. The van der Waals surface area contributed by atoms with E-state index in [1.807, 2.05) is 13.0 Å². The maximum atomic E-state index is 11.3. The first-order valence-electron chi connectivity index (χ1n) is 4.45. The van der Waals surface area contributed by atoms with Crippen LogP contribution in [0.15, 0.2) is 21.2 Å². The summed E-state index contributed by atoms with van der Waals surface area (Å²) in [6.45, 7) is 1.98. The smallest absolute Gasteiger partial charge is 0.136 e. The van der Waals surface area contributed by atoms with E-state index in [0.717, 1.165) is 16.7 Å². The van der Waals surface area contributed by atoms with Crippen molar-refractivity contribution in [3.05, 3.63) is 22.6 Å². The Morgan fingerprint density at radius 1 is 1.62 bits per heavy atom. The number of ketones is 1. The minimum atomic E-state index is 0.113. The van der Waals surface area contributed by atoms with Gasteiger partial charge in [-0.3, -0.25) is 4.79 Å². The molecule has 2 unspecified atom stereocenters. The van der Waals surface area contributed by atoms with Crippen LogP contribution in [0.1, 0.15) is 31.4 Å². The van der Waals surface area contributed by atoms with Crippen LogP contribution in [0, 0.1) is 5.92 Å². The van der Waals surface area contributed by atoms with Gasteiger partial charge in [-0.2, -0.15) is 0 Å². The fourth-order valence-corrected chi connectivity index (χ4v) is 2.42. The van der Waals surface area contributed by atoms with Crippen molar-refractivity contribution in [2.24, 2.45) is 5.92 Å².